The second-order valence-electron chi connectivity index (χ2n) is 4.70. The highest BCUT2D eigenvalue weighted by molar-refractivity contribution is 5.93. The molecule has 4 heteroatoms. The summed E-state index contributed by atoms with van der Waals surface area (Å²) in [5.74, 6) is -1.40. The van der Waals surface area contributed by atoms with Crippen molar-refractivity contribution in [3.63, 3.8) is 0 Å². The van der Waals surface area contributed by atoms with E-state index in [4.69, 9.17) is 5.11 Å². The van der Waals surface area contributed by atoms with Crippen LogP contribution in [0.15, 0.2) is 0 Å². The lowest BCUT2D eigenvalue weighted by Gasteiger charge is -2.23. The van der Waals surface area contributed by atoms with E-state index in [9.17, 15) is 9.59 Å². The predicted octanol–water partition coefficient (Wildman–Crippen LogP) is 1.36. The molecule has 0 aromatic rings. The molecule has 0 aliphatic heterocycles. The molecule has 0 saturated carbocycles. The molecule has 0 atom stereocenters. The van der Waals surface area contributed by atoms with Gasteiger partial charge in [0.05, 0.1) is 0 Å². The van der Waals surface area contributed by atoms with Gasteiger partial charge >= 0.3 is 5.97 Å². The van der Waals surface area contributed by atoms with E-state index in [1.54, 1.807) is 7.05 Å². The number of carboxylic acids is 1. The van der Waals surface area contributed by atoms with Gasteiger partial charge in [-0.05, 0) is 11.8 Å². The first-order valence-electron chi connectivity index (χ1n) is 4.68. The maximum Gasteiger partial charge on any atom is 0.312 e. The third kappa shape index (κ3) is 6.46. The molecule has 0 radical (unpaired) electrons. The van der Waals surface area contributed by atoms with E-state index in [1.165, 1.54) is 4.90 Å². The molecule has 0 unspecified atom stereocenters. The monoisotopic (exact) mass is 201 g/mol. The third-order valence-electron chi connectivity index (χ3n) is 1.93. The summed E-state index contributed by atoms with van der Waals surface area (Å²) < 4.78 is 0. The van der Waals surface area contributed by atoms with E-state index in [0.29, 0.717) is 6.54 Å². The molecule has 0 aliphatic carbocycles. The zero-order valence-electron chi connectivity index (χ0n) is 9.33. The fraction of sp³-hybridized carbons (Fsp3) is 0.800. The van der Waals surface area contributed by atoms with Crippen LogP contribution in [0.2, 0.25) is 0 Å². The Morgan fingerprint density at radius 3 is 2.14 bits per heavy atom. The summed E-state index contributed by atoms with van der Waals surface area (Å²) in [4.78, 5) is 23.0. The fourth-order valence-corrected chi connectivity index (χ4v) is 0.892. The lowest BCUT2D eigenvalue weighted by molar-refractivity contribution is -0.143. The number of nitrogens with zero attached hydrogens (tertiary/aromatic N) is 1. The molecule has 0 heterocycles. The Labute approximate surface area is 84.9 Å². The van der Waals surface area contributed by atoms with Crippen molar-refractivity contribution in [2.45, 2.75) is 33.6 Å². The van der Waals surface area contributed by atoms with Crippen LogP contribution in [0.3, 0.4) is 0 Å². The topological polar surface area (TPSA) is 57.6 Å². The highest BCUT2D eigenvalue weighted by Gasteiger charge is 2.16. The van der Waals surface area contributed by atoms with E-state index >= 15 is 0 Å². The zero-order valence-corrected chi connectivity index (χ0v) is 9.33. The first-order valence-corrected chi connectivity index (χ1v) is 4.68. The van der Waals surface area contributed by atoms with E-state index in [0.717, 1.165) is 6.42 Å². The molecule has 4 nitrogen and oxygen atoms in total. The Balaban J connectivity index is 3.90. The van der Waals surface area contributed by atoms with Gasteiger partial charge in [0.1, 0.15) is 6.42 Å². The van der Waals surface area contributed by atoms with Crippen LogP contribution in [0.4, 0.5) is 0 Å². The average molecular weight is 201 g/mol. The van der Waals surface area contributed by atoms with Crippen molar-refractivity contribution in [2.75, 3.05) is 13.6 Å². The lowest BCUT2D eigenvalue weighted by atomic mass is 9.92. The number of hydrogen-bond acceptors (Lipinski definition) is 2. The zero-order chi connectivity index (χ0) is 11.4. The quantitative estimate of drug-likeness (QED) is 0.698. The summed E-state index contributed by atoms with van der Waals surface area (Å²) in [6.45, 7) is 6.86. The summed E-state index contributed by atoms with van der Waals surface area (Å²) in [7, 11) is 1.64. The maximum absolute atomic E-state index is 11.2. The minimum absolute atomic E-state index is 0.164. The van der Waals surface area contributed by atoms with Gasteiger partial charge in [-0.1, -0.05) is 20.8 Å². The number of amides is 1. The molecule has 1 amide bonds. The molecule has 82 valence electrons. The van der Waals surface area contributed by atoms with Crippen molar-refractivity contribution in [3.8, 4) is 0 Å². The largest absolute Gasteiger partial charge is 0.481 e. The van der Waals surface area contributed by atoms with Gasteiger partial charge in [0, 0.05) is 13.6 Å². The summed E-state index contributed by atoms with van der Waals surface area (Å²) >= 11 is 0. The maximum atomic E-state index is 11.2. The van der Waals surface area contributed by atoms with Crippen molar-refractivity contribution in [1.82, 2.24) is 4.90 Å². The first-order chi connectivity index (χ1) is 6.22. The molecule has 0 rings (SSSR count). The molecule has 0 aromatic carbocycles. The number of hydrogen-bond donors (Lipinski definition) is 1. The van der Waals surface area contributed by atoms with Crippen LogP contribution in [0.5, 0.6) is 0 Å². The smallest absolute Gasteiger partial charge is 0.312 e. The normalized spacial score (nSPS) is 11.1. The van der Waals surface area contributed by atoms with Gasteiger partial charge < -0.3 is 10.0 Å². The predicted molar refractivity (Wildman–Crippen MR) is 54.0 cm³/mol. The van der Waals surface area contributed by atoms with E-state index < -0.39 is 12.4 Å². The van der Waals surface area contributed by atoms with Crippen molar-refractivity contribution in [2.24, 2.45) is 5.41 Å². The van der Waals surface area contributed by atoms with Gasteiger partial charge in [-0.15, -0.1) is 0 Å². The third-order valence-corrected chi connectivity index (χ3v) is 1.93. The van der Waals surface area contributed by atoms with Crippen molar-refractivity contribution < 1.29 is 14.7 Å². The number of carboxylic acid groups (broad SMARTS) is 1. The lowest BCUT2D eigenvalue weighted by Crippen LogP contribution is -2.31. The van der Waals surface area contributed by atoms with Crippen LogP contribution in [-0.2, 0) is 9.59 Å². The highest BCUT2D eigenvalue weighted by atomic mass is 16.4. The van der Waals surface area contributed by atoms with Gasteiger partial charge in [-0.25, -0.2) is 0 Å². The Morgan fingerprint density at radius 2 is 1.79 bits per heavy atom. The molecular weight excluding hydrogens is 182 g/mol. The van der Waals surface area contributed by atoms with Crippen molar-refractivity contribution in [1.29, 1.82) is 0 Å². The SMILES string of the molecule is CN(CCC(C)(C)C)C(=O)CC(=O)O. The minimum atomic E-state index is -1.07. The van der Waals surface area contributed by atoms with Crippen molar-refractivity contribution in [3.05, 3.63) is 0 Å². The molecule has 0 spiro atoms. The fourth-order valence-electron chi connectivity index (χ4n) is 0.892. The number of aliphatic carboxylic acids is 1. The van der Waals surface area contributed by atoms with Crippen LogP contribution >= 0.6 is 0 Å². The van der Waals surface area contributed by atoms with Crippen LogP contribution in [-0.4, -0.2) is 35.5 Å². The Bertz CT molecular complexity index is 218. The second-order valence-corrected chi connectivity index (χ2v) is 4.70. The van der Waals surface area contributed by atoms with Crippen LogP contribution < -0.4 is 0 Å². The standard InChI is InChI=1S/C10H19NO3/c1-10(2,3)5-6-11(4)8(12)7-9(13)14/h5-7H2,1-4H3,(H,13,14). The molecule has 14 heavy (non-hydrogen) atoms. The second kappa shape index (κ2) is 4.98. The average Bonchev–Trinajstić information content (AvgIpc) is 1.97. The van der Waals surface area contributed by atoms with Gasteiger partial charge in [0.2, 0.25) is 5.91 Å². The first kappa shape index (κ1) is 12.9. The summed E-state index contributed by atoms with van der Waals surface area (Å²) in [5.41, 5.74) is 0.164. The Hall–Kier alpha value is -1.06. The number of carbonyl (C=O) groups excluding carboxylic acids is 1. The van der Waals surface area contributed by atoms with E-state index in [-0.39, 0.29) is 11.3 Å². The number of carbonyl (C=O) groups is 2. The van der Waals surface area contributed by atoms with Crippen LogP contribution in [0.25, 0.3) is 0 Å². The highest BCUT2D eigenvalue weighted by Crippen LogP contribution is 2.18. The molecule has 1 N–H and O–H groups in total. The van der Waals surface area contributed by atoms with Crippen LogP contribution in [0.1, 0.15) is 33.6 Å². The molecule has 0 aliphatic rings. The molecule has 0 saturated heterocycles. The van der Waals surface area contributed by atoms with Gasteiger partial charge in [-0.3, -0.25) is 9.59 Å². The summed E-state index contributed by atoms with van der Waals surface area (Å²) in [6.07, 6.45) is 0.454. The van der Waals surface area contributed by atoms with Gasteiger partial charge in [0.25, 0.3) is 0 Å². The molecular formula is C10H19NO3. The summed E-state index contributed by atoms with van der Waals surface area (Å²) in [5, 5.41) is 8.41. The number of rotatable bonds is 4. The van der Waals surface area contributed by atoms with Gasteiger partial charge in [0.15, 0.2) is 0 Å². The van der Waals surface area contributed by atoms with E-state index in [1.807, 2.05) is 0 Å². The Kier molecular flexibility index (Phi) is 4.60. The molecule has 0 bridgehead atoms. The minimum Gasteiger partial charge on any atom is -0.481 e. The van der Waals surface area contributed by atoms with Gasteiger partial charge in [-0.2, -0.15) is 0 Å². The van der Waals surface area contributed by atoms with E-state index in [2.05, 4.69) is 20.8 Å². The molecule has 0 aromatic heterocycles. The summed E-state index contributed by atoms with van der Waals surface area (Å²) in [6, 6.07) is 0. The molecule has 0 fully saturated rings. The van der Waals surface area contributed by atoms with Crippen LogP contribution in [0, 0.1) is 5.41 Å². The Morgan fingerprint density at radius 1 is 1.29 bits per heavy atom. The van der Waals surface area contributed by atoms with Crippen molar-refractivity contribution >= 4 is 11.9 Å².